The molecule has 0 bridgehead atoms. The third-order valence-corrected chi connectivity index (χ3v) is 6.57. The van der Waals surface area contributed by atoms with E-state index in [4.69, 9.17) is 14.7 Å². The van der Waals surface area contributed by atoms with Gasteiger partial charge in [0.1, 0.15) is 16.4 Å². The molecule has 1 aromatic carbocycles. The number of thiophene rings is 1. The minimum absolute atomic E-state index is 0.00268. The minimum Gasteiger partial charge on any atom is -0.438 e. The first-order valence-corrected chi connectivity index (χ1v) is 11.3. The van der Waals surface area contributed by atoms with Crippen molar-refractivity contribution in [2.45, 2.75) is 47.1 Å². The lowest BCUT2D eigenvalue weighted by Gasteiger charge is -2.15. The number of fused-ring (bicyclic) bond motifs is 1. The molecule has 6 nitrogen and oxygen atoms in total. The van der Waals surface area contributed by atoms with Gasteiger partial charge in [-0.15, -0.1) is 11.3 Å². The molecule has 30 heavy (non-hydrogen) atoms. The summed E-state index contributed by atoms with van der Waals surface area (Å²) in [5.41, 5.74) is 1.92. The highest BCUT2D eigenvalue weighted by Crippen LogP contribution is 2.37. The molecule has 0 radical (unpaired) electrons. The Morgan fingerprint density at radius 2 is 1.87 bits per heavy atom. The Kier molecular flexibility index (Phi) is 6.01. The standard InChI is InChI=1S/C23H28N4O2S/c1-14(2)21(28)24-17-7-9-18(10-8-17)29-22-20-15(3)16(4)30-23(20)26-19(25-22)13-27-11-5-6-12-27/h7-10,14H,5-6,11-13H2,1-4H3,(H,24,28). The predicted molar refractivity (Wildman–Crippen MR) is 121 cm³/mol. The number of benzene rings is 1. The Morgan fingerprint density at radius 3 is 2.53 bits per heavy atom. The second kappa shape index (κ2) is 8.70. The van der Waals surface area contributed by atoms with Crippen molar-refractivity contribution < 1.29 is 9.53 Å². The first-order valence-electron chi connectivity index (χ1n) is 10.5. The highest BCUT2D eigenvalue weighted by atomic mass is 32.1. The van der Waals surface area contributed by atoms with Gasteiger partial charge in [-0.3, -0.25) is 9.69 Å². The van der Waals surface area contributed by atoms with Gasteiger partial charge < -0.3 is 10.1 Å². The molecule has 0 aliphatic carbocycles. The van der Waals surface area contributed by atoms with E-state index in [0.29, 0.717) is 11.6 Å². The molecule has 7 heteroatoms. The number of amides is 1. The zero-order valence-corrected chi connectivity index (χ0v) is 18.8. The van der Waals surface area contributed by atoms with E-state index >= 15 is 0 Å². The third-order valence-electron chi connectivity index (χ3n) is 5.47. The zero-order chi connectivity index (χ0) is 21.3. The van der Waals surface area contributed by atoms with Crippen LogP contribution in [0, 0.1) is 19.8 Å². The number of carbonyl (C=O) groups is 1. The molecule has 1 aliphatic rings. The maximum Gasteiger partial charge on any atom is 0.231 e. The number of aryl methyl sites for hydroxylation is 2. The van der Waals surface area contributed by atoms with Gasteiger partial charge in [-0.2, -0.15) is 4.98 Å². The number of rotatable bonds is 6. The lowest BCUT2D eigenvalue weighted by atomic mass is 10.2. The van der Waals surface area contributed by atoms with Crippen LogP contribution in [-0.4, -0.2) is 33.9 Å². The van der Waals surface area contributed by atoms with Crippen LogP contribution in [0.5, 0.6) is 11.6 Å². The average molecular weight is 425 g/mol. The van der Waals surface area contributed by atoms with E-state index in [2.05, 4.69) is 24.1 Å². The normalized spacial score (nSPS) is 14.6. The molecular weight excluding hydrogens is 396 g/mol. The number of ether oxygens (including phenoxy) is 1. The number of hydrogen-bond donors (Lipinski definition) is 1. The van der Waals surface area contributed by atoms with Crippen molar-refractivity contribution >= 4 is 33.1 Å². The van der Waals surface area contributed by atoms with Crippen LogP contribution in [0.2, 0.25) is 0 Å². The number of anilines is 1. The van der Waals surface area contributed by atoms with Gasteiger partial charge >= 0.3 is 0 Å². The monoisotopic (exact) mass is 424 g/mol. The van der Waals surface area contributed by atoms with Gasteiger partial charge in [-0.1, -0.05) is 13.8 Å². The van der Waals surface area contributed by atoms with Crippen LogP contribution in [0.3, 0.4) is 0 Å². The summed E-state index contributed by atoms with van der Waals surface area (Å²) >= 11 is 1.69. The quantitative estimate of drug-likeness (QED) is 0.582. The van der Waals surface area contributed by atoms with E-state index in [9.17, 15) is 4.79 Å². The number of carbonyl (C=O) groups excluding carboxylic acids is 1. The van der Waals surface area contributed by atoms with E-state index in [1.165, 1.54) is 23.3 Å². The van der Waals surface area contributed by atoms with Gasteiger partial charge in [0.25, 0.3) is 0 Å². The maximum atomic E-state index is 11.9. The number of nitrogens with zero attached hydrogens (tertiary/aromatic N) is 3. The maximum absolute atomic E-state index is 11.9. The van der Waals surface area contributed by atoms with Gasteiger partial charge in [0.05, 0.1) is 11.9 Å². The van der Waals surface area contributed by atoms with E-state index in [-0.39, 0.29) is 11.8 Å². The molecule has 4 rings (SSSR count). The molecule has 1 aliphatic heterocycles. The second-order valence-corrected chi connectivity index (χ2v) is 9.37. The predicted octanol–water partition coefficient (Wildman–Crippen LogP) is 5.29. The Morgan fingerprint density at radius 1 is 1.17 bits per heavy atom. The lowest BCUT2D eigenvalue weighted by molar-refractivity contribution is -0.118. The van der Waals surface area contributed by atoms with Crippen molar-refractivity contribution in [3.8, 4) is 11.6 Å². The summed E-state index contributed by atoms with van der Waals surface area (Å²) in [6.07, 6.45) is 2.48. The third kappa shape index (κ3) is 4.47. The summed E-state index contributed by atoms with van der Waals surface area (Å²) in [6.45, 7) is 10.9. The SMILES string of the molecule is Cc1sc2nc(CN3CCCC3)nc(Oc3ccc(NC(=O)C(C)C)cc3)c2c1C. The fourth-order valence-corrected chi connectivity index (χ4v) is 4.58. The Hall–Kier alpha value is -2.51. The molecule has 0 saturated carbocycles. The topological polar surface area (TPSA) is 67.3 Å². The van der Waals surface area contributed by atoms with Crippen LogP contribution < -0.4 is 10.1 Å². The molecule has 1 N–H and O–H groups in total. The average Bonchev–Trinajstić information content (AvgIpc) is 3.31. The molecule has 3 aromatic rings. The molecule has 1 saturated heterocycles. The van der Waals surface area contributed by atoms with E-state index in [1.54, 1.807) is 11.3 Å². The number of nitrogens with one attached hydrogen (secondary N) is 1. The van der Waals surface area contributed by atoms with E-state index in [1.807, 2.05) is 38.1 Å². The number of aromatic nitrogens is 2. The fraction of sp³-hybridized carbons (Fsp3) is 0.435. The summed E-state index contributed by atoms with van der Waals surface area (Å²) in [5, 5.41) is 3.89. The number of hydrogen-bond acceptors (Lipinski definition) is 6. The summed E-state index contributed by atoms with van der Waals surface area (Å²) in [5.74, 6) is 2.04. The highest BCUT2D eigenvalue weighted by Gasteiger charge is 2.19. The van der Waals surface area contributed by atoms with E-state index in [0.717, 1.165) is 41.4 Å². The fourth-order valence-electron chi connectivity index (χ4n) is 3.54. The molecule has 158 valence electrons. The van der Waals surface area contributed by atoms with Crippen LogP contribution in [0.15, 0.2) is 24.3 Å². The summed E-state index contributed by atoms with van der Waals surface area (Å²) in [7, 11) is 0. The molecule has 0 unspecified atom stereocenters. The van der Waals surface area contributed by atoms with Gasteiger partial charge in [-0.25, -0.2) is 4.98 Å². The van der Waals surface area contributed by atoms with Gasteiger partial charge in [0, 0.05) is 16.5 Å². The van der Waals surface area contributed by atoms with Crippen LogP contribution in [0.4, 0.5) is 5.69 Å². The van der Waals surface area contributed by atoms with Crippen LogP contribution in [0.25, 0.3) is 10.2 Å². The van der Waals surface area contributed by atoms with Crippen molar-refractivity contribution in [3.63, 3.8) is 0 Å². The molecule has 1 amide bonds. The molecular formula is C23H28N4O2S. The number of likely N-dealkylation sites (tertiary alicyclic amines) is 1. The van der Waals surface area contributed by atoms with Crippen molar-refractivity contribution in [2.75, 3.05) is 18.4 Å². The van der Waals surface area contributed by atoms with Crippen molar-refractivity contribution in [3.05, 3.63) is 40.5 Å². The molecule has 2 aromatic heterocycles. The molecule has 1 fully saturated rings. The Bertz CT molecular complexity index is 1050. The van der Waals surface area contributed by atoms with Crippen LogP contribution in [-0.2, 0) is 11.3 Å². The minimum atomic E-state index is -0.0611. The first kappa shape index (κ1) is 20.8. The molecule has 3 heterocycles. The summed E-state index contributed by atoms with van der Waals surface area (Å²) in [6, 6.07) is 7.42. The van der Waals surface area contributed by atoms with Gasteiger partial charge in [0.2, 0.25) is 11.8 Å². The smallest absolute Gasteiger partial charge is 0.231 e. The summed E-state index contributed by atoms with van der Waals surface area (Å²) < 4.78 is 6.22. The Labute approximate surface area is 181 Å². The van der Waals surface area contributed by atoms with Crippen molar-refractivity contribution in [2.24, 2.45) is 5.92 Å². The zero-order valence-electron chi connectivity index (χ0n) is 18.0. The van der Waals surface area contributed by atoms with Gasteiger partial charge in [0.15, 0.2) is 0 Å². The van der Waals surface area contributed by atoms with Gasteiger partial charge in [-0.05, 0) is 69.6 Å². The highest BCUT2D eigenvalue weighted by molar-refractivity contribution is 7.18. The molecule has 0 atom stereocenters. The van der Waals surface area contributed by atoms with Crippen molar-refractivity contribution in [1.82, 2.24) is 14.9 Å². The van der Waals surface area contributed by atoms with E-state index < -0.39 is 0 Å². The largest absolute Gasteiger partial charge is 0.438 e. The van der Waals surface area contributed by atoms with Crippen molar-refractivity contribution in [1.29, 1.82) is 0 Å². The Balaban J connectivity index is 1.61. The lowest BCUT2D eigenvalue weighted by Crippen LogP contribution is -2.20. The second-order valence-electron chi connectivity index (χ2n) is 8.16. The first-order chi connectivity index (χ1) is 14.4. The molecule has 0 spiro atoms. The summed E-state index contributed by atoms with van der Waals surface area (Å²) in [4.78, 5) is 26.1. The van der Waals surface area contributed by atoms with Crippen LogP contribution >= 0.6 is 11.3 Å². The van der Waals surface area contributed by atoms with Crippen LogP contribution in [0.1, 0.15) is 43.0 Å².